The predicted molar refractivity (Wildman–Crippen MR) is 49.9 cm³/mol. The minimum Gasteiger partial charge on any atom is -0.358 e. The maximum Gasteiger partial charge on any atom is 0.239 e. The third kappa shape index (κ3) is 3.89. The second kappa shape index (κ2) is 4.81. The van der Waals surface area contributed by atoms with Crippen LogP contribution in [0.25, 0.3) is 0 Å². The number of nitrogens with one attached hydrogen (secondary N) is 2. The van der Waals surface area contributed by atoms with E-state index in [-0.39, 0.29) is 24.9 Å². The second-order valence-corrected chi connectivity index (χ2v) is 3.44. The van der Waals surface area contributed by atoms with E-state index in [1.165, 1.54) is 7.05 Å². The van der Waals surface area contributed by atoms with Crippen molar-refractivity contribution in [3.63, 3.8) is 0 Å². The van der Waals surface area contributed by atoms with Gasteiger partial charge in [-0.1, -0.05) is 0 Å². The number of likely N-dealkylation sites (N-methyl/N-ethyl adjacent to an activating group) is 1. The summed E-state index contributed by atoms with van der Waals surface area (Å²) >= 11 is 0. The van der Waals surface area contributed by atoms with Gasteiger partial charge in [0.05, 0.1) is 12.0 Å². The molecule has 5 heteroatoms. The van der Waals surface area contributed by atoms with Gasteiger partial charge in [0.25, 0.3) is 0 Å². The first-order chi connectivity index (χ1) is 5.94. The molecule has 76 valence electrons. The van der Waals surface area contributed by atoms with E-state index in [4.69, 9.17) is 5.73 Å². The SMILES string of the molecule is CNC(=O)CNC(=O)C(C)(C)CN. The molecule has 0 heterocycles. The molecule has 0 unspecified atom stereocenters. The largest absolute Gasteiger partial charge is 0.358 e. The Kier molecular flexibility index (Phi) is 4.40. The summed E-state index contributed by atoms with van der Waals surface area (Å²) in [7, 11) is 1.52. The van der Waals surface area contributed by atoms with E-state index in [2.05, 4.69) is 10.6 Å². The molecule has 0 rings (SSSR count). The van der Waals surface area contributed by atoms with Crippen LogP contribution >= 0.6 is 0 Å². The topological polar surface area (TPSA) is 84.2 Å². The van der Waals surface area contributed by atoms with Crippen LogP contribution < -0.4 is 16.4 Å². The van der Waals surface area contributed by atoms with Gasteiger partial charge in [0.15, 0.2) is 0 Å². The predicted octanol–water partition coefficient (Wildman–Crippen LogP) is -1.17. The minimum atomic E-state index is -0.617. The molecule has 0 aliphatic carbocycles. The molecule has 0 aliphatic heterocycles. The smallest absolute Gasteiger partial charge is 0.239 e. The molecular formula is C8H17N3O2. The first kappa shape index (κ1) is 11.9. The number of hydrogen-bond acceptors (Lipinski definition) is 3. The number of amides is 2. The van der Waals surface area contributed by atoms with Crippen molar-refractivity contribution in [3.05, 3.63) is 0 Å². The monoisotopic (exact) mass is 187 g/mol. The highest BCUT2D eigenvalue weighted by molar-refractivity contribution is 5.87. The van der Waals surface area contributed by atoms with E-state index in [1.54, 1.807) is 13.8 Å². The molecule has 5 nitrogen and oxygen atoms in total. The van der Waals surface area contributed by atoms with Gasteiger partial charge in [-0.3, -0.25) is 9.59 Å². The highest BCUT2D eigenvalue weighted by Crippen LogP contribution is 2.11. The first-order valence-electron chi connectivity index (χ1n) is 4.13. The van der Waals surface area contributed by atoms with Crippen LogP contribution in [0.5, 0.6) is 0 Å². The molecule has 0 aromatic heterocycles. The Labute approximate surface area is 78.1 Å². The second-order valence-electron chi connectivity index (χ2n) is 3.44. The third-order valence-corrected chi connectivity index (χ3v) is 1.81. The highest BCUT2D eigenvalue weighted by Gasteiger charge is 2.25. The zero-order chi connectivity index (χ0) is 10.5. The van der Waals surface area contributed by atoms with Crippen molar-refractivity contribution in [2.45, 2.75) is 13.8 Å². The molecule has 0 aromatic rings. The lowest BCUT2D eigenvalue weighted by Gasteiger charge is -2.20. The summed E-state index contributed by atoms with van der Waals surface area (Å²) in [4.78, 5) is 22.1. The zero-order valence-electron chi connectivity index (χ0n) is 8.31. The number of rotatable bonds is 4. The van der Waals surface area contributed by atoms with Crippen molar-refractivity contribution in [2.75, 3.05) is 20.1 Å². The molecule has 0 bridgehead atoms. The number of carbonyl (C=O) groups is 2. The van der Waals surface area contributed by atoms with E-state index in [9.17, 15) is 9.59 Å². The van der Waals surface area contributed by atoms with Crippen LogP contribution in [0, 0.1) is 5.41 Å². The van der Waals surface area contributed by atoms with Crippen LogP contribution in [-0.2, 0) is 9.59 Å². The molecule has 0 radical (unpaired) electrons. The van der Waals surface area contributed by atoms with Gasteiger partial charge in [-0.2, -0.15) is 0 Å². The molecule has 13 heavy (non-hydrogen) atoms. The van der Waals surface area contributed by atoms with Crippen molar-refractivity contribution in [2.24, 2.45) is 11.1 Å². The lowest BCUT2D eigenvalue weighted by atomic mass is 9.93. The van der Waals surface area contributed by atoms with E-state index in [0.717, 1.165) is 0 Å². The van der Waals surface area contributed by atoms with E-state index in [0.29, 0.717) is 0 Å². The van der Waals surface area contributed by atoms with Crippen molar-refractivity contribution in [1.82, 2.24) is 10.6 Å². The summed E-state index contributed by atoms with van der Waals surface area (Å²) in [5.74, 6) is -0.431. The Morgan fingerprint density at radius 2 is 1.92 bits per heavy atom. The van der Waals surface area contributed by atoms with Crippen molar-refractivity contribution < 1.29 is 9.59 Å². The van der Waals surface area contributed by atoms with Gasteiger partial charge in [0.2, 0.25) is 11.8 Å². The molecule has 4 N–H and O–H groups in total. The summed E-state index contributed by atoms with van der Waals surface area (Å²) in [5.41, 5.74) is 4.77. The highest BCUT2D eigenvalue weighted by atomic mass is 16.2. The summed E-state index contributed by atoms with van der Waals surface area (Å²) in [5, 5.41) is 4.90. The Morgan fingerprint density at radius 3 is 2.31 bits per heavy atom. The van der Waals surface area contributed by atoms with Gasteiger partial charge in [-0.25, -0.2) is 0 Å². The molecule has 0 spiro atoms. The normalized spacial score (nSPS) is 10.8. The Hall–Kier alpha value is -1.10. The average Bonchev–Trinajstić information content (AvgIpc) is 2.13. The summed E-state index contributed by atoms with van der Waals surface area (Å²) in [6.07, 6.45) is 0. The third-order valence-electron chi connectivity index (χ3n) is 1.81. The average molecular weight is 187 g/mol. The summed E-state index contributed by atoms with van der Waals surface area (Å²) in [6, 6.07) is 0. The lowest BCUT2D eigenvalue weighted by Crippen LogP contribution is -2.45. The molecule has 0 aromatic carbocycles. The fraction of sp³-hybridized carbons (Fsp3) is 0.750. The Morgan fingerprint density at radius 1 is 1.38 bits per heavy atom. The number of carbonyl (C=O) groups excluding carboxylic acids is 2. The van der Waals surface area contributed by atoms with Gasteiger partial charge in [-0.15, -0.1) is 0 Å². The molecule has 2 amide bonds. The quantitative estimate of drug-likeness (QED) is 0.518. The summed E-state index contributed by atoms with van der Waals surface area (Å²) < 4.78 is 0. The Bertz CT molecular complexity index is 202. The molecule has 0 saturated carbocycles. The van der Waals surface area contributed by atoms with Crippen LogP contribution in [0.1, 0.15) is 13.8 Å². The maximum absolute atomic E-state index is 11.3. The first-order valence-corrected chi connectivity index (χ1v) is 4.13. The molecular weight excluding hydrogens is 170 g/mol. The standard InChI is InChI=1S/C8H17N3O2/c1-8(2,5-9)7(13)11-4-6(12)10-3/h4-5,9H2,1-3H3,(H,10,12)(H,11,13). The lowest BCUT2D eigenvalue weighted by molar-refractivity contribution is -0.131. The van der Waals surface area contributed by atoms with Crippen LogP contribution in [0.4, 0.5) is 0 Å². The van der Waals surface area contributed by atoms with E-state index >= 15 is 0 Å². The van der Waals surface area contributed by atoms with Crippen molar-refractivity contribution in [3.8, 4) is 0 Å². The number of nitrogens with two attached hydrogens (primary N) is 1. The van der Waals surface area contributed by atoms with Gasteiger partial charge >= 0.3 is 0 Å². The fourth-order valence-corrected chi connectivity index (χ4v) is 0.581. The maximum atomic E-state index is 11.3. The molecule has 0 aliphatic rings. The van der Waals surface area contributed by atoms with E-state index in [1.807, 2.05) is 0 Å². The van der Waals surface area contributed by atoms with Gasteiger partial charge < -0.3 is 16.4 Å². The van der Waals surface area contributed by atoms with E-state index < -0.39 is 5.41 Å². The number of hydrogen-bond donors (Lipinski definition) is 3. The molecule has 0 atom stereocenters. The van der Waals surface area contributed by atoms with Gasteiger partial charge in [-0.05, 0) is 13.8 Å². The summed E-state index contributed by atoms with van der Waals surface area (Å²) in [6.45, 7) is 3.71. The van der Waals surface area contributed by atoms with Crippen molar-refractivity contribution >= 4 is 11.8 Å². The fourth-order valence-electron chi connectivity index (χ4n) is 0.581. The minimum absolute atomic E-state index is 0.00123. The Balaban J connectivity index is 3.95. The molecule has 0 fully saturated rings. The van der Waals surface area contributed by atoms with Crippen LogP contribution in [0.15, 0.2) is 0 Å². The van der Waals surface area contributed by atoms with Crippen molar-refractivity contribution in [1.29, 1.82) is 0 Å². The van der Waals surface area contributed by atoms with Gasteiger partial charge in [0, 0.05) is 13.6 Å². The van der Waals surface area contributed by atoms with Crippen LogP contribution in [-0.4, -0.2) is 32.0 Å². The molecule has 0 saturated heterocycles. The van der Waals surface area contributed by atoms with Crippen LogP contribution in [0.3, 0.4) is 0 Å². The zero-order valence-corrected chi connectivity index (χ0v) is 8.31. The van der Waals surface area contributed by atoms with Crippen LogP contribution in [0.2, 0.25) is 0 Å². The van der Waals surface area contributed by atoms with Gasteiger partial charge in [0.1, 0.15) is 0 Å².